The number of nitrogens with two attached hydrogens (primary N) is 1. The van der Waals surface area contributed by atoms with Crippen LogP contribution in [-0.2, 0) is 24.2 Å². The standard InChI is InChI=1S/C25H28Cl2N4O3/c1-15(29-14-23(33)18-5-6-24(28)30-12-18)7-16-3-2-4-17(8-16)9-25(34)31-13-20-21(27)10-19(26)11-22(20)32/h2-6,8,10-12,15,23,29,32-33H,7,9,13-14H2,1H3,(H2,28,30)(H,31,34)/t15-,23-/m1/s1. The first-order valence-electron chi connectivity index (χ1n) is 10.9. The maximum Gasteiger partial charge on any atom is 0.224 e. The molecule has 0 fully saturated rings. The highest BCUT2D eigenvalue weighted by Crippen LogP contribution is 2.29. The molecule has 0 spiro atoms. The van der Waals surface area contributed by atoms with Crippen molar-refractivity contribution in [2.24, 2.45) is 0 Å². The lowest BCUT2D eigenvalue weighted by molar-refractivity contribution is -0.120. The lowest BCUT2D eigenvalue weighted by atomic mass is 10.0. The molecule has 9 heteroatoms. The molecule has 0 radical (unpaired) electrons. The third-order valence-corrected chi connectivity index (χ3v) is 5.91. The number of aliphatic hydroxyl groups is 1. The van der Waals surface area contributed by atoms with Crippen LogP contribution in [0.1, 0.15) is 35.3 Å². The number of aromatic nitrogens is 1. The third kappa shape index (κ3) is 7.60. The van der Waals surface area contributed by atoms with Crippen LogP contribution in [0.4, 0.5) is 5.82 Å². The van der Waals surface area contributed by atoms with Crippen molar-refractivity contribution in [3.8, 4) is 5.75 Å². The number of aliphatic hydroxyl groups excluding tert-OH is 1. The summed E-state index contributed by atoms with van der Waals surface area (Å²) in [7, 11) is 0. The molecular weight excluding hydrogens is 475 g/mol. The molecule has 34 heavy (non-hydrogen) atoms. The van der Waals surface area contributed by atoms with Gasteiger partial charge in [-0.1, -0.05) is 53.5 Å². The number of benzene rings is 2. The Labute approximate surface area is 208 Å². The van der Waals surface area contributed by atoms with Crippen molar-refractivity contribution in [3.63, 3.8) is 0 Å². The summed E-state index contributed by atoms with van der Waals surface area (Å²) in [4.78, 5) is 16.4. The minimum absolute atomic E-state index is 0.0564. The normalized spacial score (nSPS) is 12.8. The first kappa shape index (κ1) is 25.8. The Morgan fingerprint density at radius 2 is 1.91 bits per heavy atom. The fourth-order valence-electron chi connectivity index (χ4n) is 3.54. The highest BCUT2D eigenvalue weighted by Gasteiger charge is 2.13. The van der Waals surface area contributed by atoms with Crippen molar-refractivity contribution in [3.05, 3.63) is 87.0 Å². The van der Waals surface area contributed by atoms with Gasteiger partial charge in [-0.25, -0.2) is 4.98 Å². The van der Waals surface area contributed by atoms with Gasteiger partial charge in [0.2, 0.25) is 5.91 Å². The maximum absolute atomic E-state index is 12.4. The van der Waals surface area contributed by atoms with Crippen molar-refractivity contribution in [1.29, 1.82) is 0 Å². The van der Waals surface area contributed by atoms with E-state index >= 15 is 0 Å². The fourth-order valence-corrected chi connectivity index (χ4v) is 4.09. The van der Waals surface area contributed by atoms with Crippen molar-refractivity contribution in [2.45, 2.75) is 38.5 Å². The summed E-state index contributed by atoms with van der Waals surface area (Å²) in [5, 5.41) is 27.1. The summed E-state index contributed by atoms with van der Waals surface area (Å²) in [5.41, 5.74) is 8.66. The average molecular weight is 503 g/mol. The van der Waals surface area contributed by atoms with Gasteiger partial charge in [0.1, 0.15) is 11.6 Å². The Bertz CT molecular complexity index is 1100. The molecule has 0 aliphatic rings. The number of pyridine rings is 1. The molecule has 180 valence electrons. The zero-order chi connectivity index (χ0) is 24.7. The second kappa shape index (κ2) is 12.0. The van der Waals surface area contributed by atoms with Gasteiger partial charge in [0.25, 0.3) is 0 Å². The number of carbonyl (C=O) groups is 1. The fraction of sp³-hybridized carbons (Fsp3) is 0.280. The number of nitrogens with zero attached hydrogens (tertiary/aromatic N) is 1. The van der Waals surface area contributed by atoms with Gasteiger partial charge in [-0.15, -0.1) is 0 Å². The molecule has 0 saturated carbocycles. The molecule has 6 N–H and O–H groups in total. The summed E-state index contributed by atoms with van der Waals surface area (Å²) in [6.07, 6.45) is 1.82. The molecule has 7 nitrogen and oxygen atoms in total. The Morgan fingerprint density at radius 1 is 1.15 bits per heavy atom. The van der Waals surface area contributed by atoms with E-state index in [4.69, 9.17) is 28.9 Å². The molecule has 0 aliphatic carbocycles. The van der Waals surface area contributed by atoms with Crippen molar-refractivity contribution < 1.29 is 15.0 Å². The zero-order valence-corrected chi connectivity index (χ0v) is 20.3. The van der Waals surface area contributed by atoms with Crippen LogP contribution in [0.3, 0.4) is 0 Å². The van der Waals surface area contributed by atoms with E-state index in [2.05, 4.69) is 15.6 Å². The summed E-state index contributed by atoms with van der Waals surface area (Å²) >= 11 is 12.0. The number of nitrogens with one attached hydrogen (secondary N) is 2. The molecule has 1 amide bonds. The number of phenols is 1. The first-order valence-corrected chi connectivity index (χ1v) is 11.6. The minimum Gasteiger partial charge on any atom is -0.507 e. The van der Waals surface area contributed by atoms with Gasteiger partial charge in [0, 0.05) is 41.5 Å². The molecular formula is C25H28Cl2N4O3. The number of hydrogen-bond acceptors (Lipinski definition) is 6. The smallest absolute Gasteiger partial charge is 0.224 e. The molecule has 3 rings (SSSR count). The predicted molar refractivity (Wildman–Crippen MR) is 135 cm³/mol. The Hall–Kier alpha value is -2.84. The van der Waals surface area contributed by atoms with Crippen molar-refractivity contribution >= 4 is 34.9 Å². The van der Waals surface area contributed by atoms with Crippen LogP contribution in [0.25, 0.3) is 0 Å². The van der Waals surface area contributed by atoms with Crippen LogP contribution in [0.15, 0.2) is 54.7 Å². The Kier molecular flexibility index (Phi) is 9.12. The number of hydrogen-bond donors (Lipinski definition) is 5. The second-order valence-electron chi connectivity index (χ2n) is 8.20. The highest BCUT2D eigenvalue weighted by molar-refractivity contribution is 6.35. The van der Waals surface area contributed by atoms with Gasteiger partial charge in [-0.2, -0.15) is 0 Å². The van der Waals surface area contributed by atoms with E-state index < -0.39 is 6.10 Å². The van der Waals surface area contributed by atoms with Crippen LogP contribution < -0.4 is 16.4 Å². The molecule has 0 bridgehead atoms. The van der Waals surface area contributed by atoms with Crippen LogP contribution in [-0.4, -0.2) is 33.7 Å². The number of halogens is 2. The summed E-state index contributed by atoms with van der Waals surface area (Å²) < 4.78 is 0. The number of phenolic OH excluding ortho intramolecular Hbond substituents is 1. The molecule has 0 aliphatic heterocycles. The largest absolute Gasteiger partial charge is 0.507 e. The molecule has 2 atom stereocenters. The van der Waals surface area contributed by atoms with Crippen LogP contribution in [0, 0.1) is 0 Å². The Balaban J connectivity index is 1.49. The Morgan fingerprint density at radius 3 is 2.62 bits per heavy atom. The lowest BCUT2D eigenvalue weighted by Gasteiger charge is -2.18. The van der Waals surface area contributed by atoms with Gasteiger partial charge >= 0.3 is 0 Å². The van der Waals surface area contributed by atoms with E-state index in [0.29, 0.717) is 33.5 Å². The lowest BCUT2D eigenvalue weighted by Crippen LogP contribution is -2.32. The van der Waals surface area contributed by atoms with Gasteiger partial charge in [0.05, 0.1) is 17.5 Å². The van der Waals surface area contributed by atoms with Crippen LogP contribution in [0.5, 0.6) is 5.75 Å². The molecule has 3 aromatic rings. The van der Waals surface area contributed by atoms with Crippen LogP contribution >= 0.6 is 23.2 Å². The second-order valence-corrected chi connectivity index (χ2v) is 9.05. The SMILES string of the molecule is C[C@H](Cc1cccc(CC(=O)NCc2c(O)cc(Cl)cc2Cl)c1)NC[C@@H](O)c1ccc(N)nc1. The van der Waals surface area contributed by atoms with E-state index in [1.54, 1.807) is 18.3 Å². The molecule has 0 unspecified atom stereocenters. The van der Waals surface area contributed by atoms with Gasteiger partial charge in [-0.3, -0.25) is 4.79 Å². The molecule has 2 aromatic carbocycles. The van der Waals surface area contributed by atoms with Crippen molar-refractivity contribution in [1.82, 2.24) is 15.6 Å². The van der Waals surface area contributed by atoms with Crippen LogP contribution in [0.2, 0.25) is 10.0 Å². The quantitative estimate of drug-likeness (QED) is 0.287. The average Bonchev–Trinajstić information content (AvgIpc) is 2.77. The number of carbonyl (C=O) groups excluding carboxylic acids is 1. The van der Waals surface area contributed by atoms with Gasteiger partial charge in [0.15, 0.2) is 0 Å². The number of anilines is 1. The molecule has 1 heterocycles. The van der Waals surface area contributed by atoms with Gasteiger partial charge < -0.3 is 26.6 Å². The zero-order valence-electron chi connectivity index (χ0n) is 18.8. The number of amides is 1. The highest BCUT2D eigenvalue weighted by atomic mass is 35.5. The topological polar surface area (TPSA) is 120 Å². The summed E-state index contributed by atoms with van der Waals surface area (Å²) in [6.45, 7) is 2.53. The number of aromatic hydroxyl groups is 1. The number of nitrogen functional groups attached to an aromatic ring is 1. The third-order valence-electron chi connectivity index (χ3n) is 5.35. The van der Waals surface area contributed by atoms with E-state index in [1.807, 2.05) is 31.2 Å². The van der Waals surface area contributed by atoms with E-state index in [0.717, 1.165) is 17.5 Å². The molecule has 0 saturated heterocycles. The van der Waals surface area contributed by atoms with E-state index in [-0.39, 0.29) is 30.7 Å². The minimum atomic E-state index is -0.681. The summed E-state index contributed by atoms with van der Waals surface area (Å²) in [6, 6.07) is 14.2. The van der Waals surface area contributed by atoms with Crippen molar-refractivity contribution in [2.75, 3.05) is 12.3 Å². The maximum atomic E-state index is 12.4. The van der Waals surface area contributed by atoms with Gasteiger partial charge in [-0.05, 0) is 42.7 Å². The number of rotatable bonds is 10. The monoisotopic (exact) mass is 502 g/mol. The predicted octanol–water partition coefficient (Wildman–Crippen LogP) is 3.79. The van der Waals surface area contributed by atoms with E-state index in [1.165, 1.54) is 12.1 Å². The van der Waals surface area contributed by atoms with E-state index in [9.17, 15) is 15.0 Å². The molecule has 1 aromatic heterocycles. The summed E-state index contributed by atoms with van der Waals surface area (Å²) in [5.74, 6) is 0.172. The first-order chi connectivity index (χ1) is 16.2.